The molecule has 0 fully saturated rings. The predicted molar refractivity (Wildman–Crippen MR) is 89.9 cm³/mol. The van der Waals surface area contributed by atoms with Crippen LogP contribution in [0, 0.1) is 0 Å². The predicted octanol–water partition coefficient (Wildman–Crippen LogP) is 2.65. The van der Waals surface area contributed by atoms with Gasteiger partial charge in [-0.15, -0.1) is 0 Å². The number of nitrogens with zero attached hydrogens (tertiary/aromatic N) is 4. The lowest BCUT2D eigenvalue weighted by Crippen LogP contribution is -2.23. The number of pyridine rings is 1. The first kappa shape index (κ1) is 14.4. The highest BCUT2D eigenvalue weighted by atomic mass is 16.5. The number of rotatable bonds is 3. The Hall–Kier alpha value is -3.15. The Kier molecular flexibility index (Phi) is 3.30. The van der Waals surface area contributed by atoms with Crippen LogP contribution in [0.1, 0.15) is 15.9 Å². The van der Waals surface area contributed by atoms with Gasteiger partial charge < -0.3 is 4.74 Å². The number of para-hydroxylation sites is 1. The molecule has 0 radical (unpaired) electrons. The molecule has 6 heteroatoms. The molecule has 0 spiro atoms. The van der Waals surface area contributed by atoms with Crippen molar-refractivity contribution in [3.05, 3.63) is 59.9 Å². The number of benzene rings is 1. The van der Waals surface area contributed by atoms with E-state index in [1.807, 2.05) is 43.6 Å². The van der Waals surface area contributed by atoms with E-state index in [9.17, 15) is 4.79 Å². The van der Waals surface area contributed by atoms with E-state index in [-0.39, 0.29) is 5.91 Å². The Balaban J connectivity index is 1.82. The number of aromatic nitrogens is 3. The highest BCUT2D eigenvalue weighted by Crippen LogP contribution is 2.36. The van der Waals surface area contributed by atoms with E-state index < -0.39 is 0 Å². The first-order chi connectivity index (χ1) is 11.7. The minimum atomic E-state index is -0.0535. The number of fused-ring (bicyclic) bond motifs is 1. The summed E-state index contributed by atoms with van der Waals surface area (Å²) >= 11 is 0. The minimum absolute atomic E-state index is 0.0535. The fourth-order valence-corrected chi connectivity index (χ4v) is 3.03. The fourth-order valence-electron chi connectivity index (χ4n) is 3.03. The molecular weight excluding hydrogens is 304 g/mol. The molecule has 0 atom stereocenters. The van der Waals surface area contributed by atoms with Crippen LogP contribution in [0.4, 0.5) is 5.82 Å². The van der Waals surface area contributed by atoms with Crippen molar-refractivity contribution in [3.63, 3.8) is 0 Å². The maximum atomic E-state index is 12.8. The highest BCUT2D eigenvalue weighted by molar-refractivity contribution is 6.10. The summed E-state index contributed by atoms with van der Waals surface area (Å²) in [5.41, 5.74) is 3.22. The highest BCUT2D eigenvalue weighted by Gasteiger charge is 2.32. The standard InChI is InChI=1S/C18H16N4O2/c1-21-10-8-16(20-21)22-11-14-12(18(22)23)7-9-19-17(14)13-5-3-4-6-15(13)24-2/h3-10H,11H2,1-2H3. The number of aryl methyl sites for hydroxylation is 1. The van der Waals surface area contributed by atoms with Crippen molar-refractivity contribution in [1.82, 2.24) is 14.8 Å². The van der Waals surface area contributed by atoms with Crippen LogP contribution in [0.5, 0.6) is 5.75 Å². The van der Waals surface area contributed by atoms with Gasteiger partial charge in [-0.25, -0.2) is 0 Å². The summed E-state index contributed by atoms with van der Waals surface area (Å²) in [4.78, 5) is 18.9. The third kappa shape index (κ3) is 2.15. The molecule has 0 bridgehead atoms. The van der Waals surface area contributed by atoms with Gasteiger partial charge >= 0.3 is 0 Å². The average Bonchev–Trinajstić information content (AvgIpc) is 3.18. The molecule has 24 heavy (non-hydrogen) atoms. The van der Waals surface area contributed by atoms with Crippen LogP contribution in [-0.4, -0.2) is 27.8 Å². The molecule has 1 aromatic carbocycles. The number of methoxy groups -OCH3 is 1. The second kappa shape index (κ2) is 5.49. The summed E-state index contributed by atoms with van der Waals surface area (Å²) < 4.78 is 7.13. The van der Waals surface area contributed by atoms with E-state index in [1.54, 1.807) is 29.0 Å². The topological polar surface area (TPSA) is 60.2 Å². The van der Waals surface area contributed by atoms with Gasteiger partial charge in [0.05, 0.1) is 19.3 Å². The Morgan fingerprint density at radius 1 is 1.12 bits per heavy atom. The average molecular weight is 320 g/mol. The molecular formula is C18H16N4O2. The third-order valence-electron chi connectivity index (χ3n) is 4.19. The Labute approximate surface area is 139 Å². The van der Waals surface area contributed by atoms with Crippen molar-refractivity contribution < 1.29 is 9.53 Å². The maximum absolute atomic E-state index is 12.8. The van der Waals surface area contributed by atoms with Gasteiger partial charge in [0.1, 0.15) is 5.75 Å². The van der Waals surface area contributed by atoms with E-state index in [4.69, 9.17) is 4.74 Å². The van der Waals surface area contributed by atoms with Crippen molar-refractivity contribution >= 4 is 11.7 Å². The Morgan fingerprint density at radius 3 is 2.71 bits per heavy atom. The normalized spacial score (nSPS) is 13.2. The molecule has 0 N–H and O–H groups in total. The minimum Gasteiger partial charge on any atom is -0.496 e. The zero-order chi connectivity index (χ0) is 16.7. The number of carbonyl (C=O) groups is 1. The molecule has 1 aliphatic rings. The molecule has 6 nitrogen and oxygen atoms in total. The van der Waals surface area contributed by atoms with E-state index in [0.29, 0.717) is 17.9 Å². The van der Waals surface area contributed by atoms with Crippen molar-refractivity contribution in [2.45, 2.75) is 6.54 Å². The molecule has 0 saturated heterocycles. The summed E-state index contributed by atoms with van der Waals surface area (Å²) in [6, 6.07) is 11.3. The van der Waals surface area contributed by atoms with Gasteiger partial charge in [0.25, 0.3) is 5.91 Å². The number of hydrogen-bond donors (Lipinski definition) is 0. The molecule has 0 aliphatic carbocycles. The van der Waals surface area contributed by atoms with Crippen LogP contribution in [-0.2, 0) is 13.6 Å². The lowest BCUT2D eigenvalue weighted by Gasteiger charge is -2.12. The number of amides is 1. The van der Waals surface area contributed by atoms with Crippen LogP contribution in [0.25, 0.3) is 11.3 Å². The van der Waals surface area contributed by atoms with Crippen LogP contribution in [0.15, 0.2) is 48.8 Å². The van der Waals surface area contributed by atoms with Gasteiger partial charge in [-0.1, -0.05) is 12.1 Å². The molecule has 1 aliphatic heterocycles. The lowest BCUT2D eigenvalue weighted by molar-refractivity contribution is 0.0996. The fraction of sp³-hybridized carbons (Fsp3) is 0.167. The molecule has 1 amide bonds. The van der Waals surface area contributed by atoms with E-state index in [1.165, 1.54) is 0 Å². The van der Waals surface area contributed by atoms with Crippen molar-refractivity contribution in [2.24, 2.45) is 7.05 Å². The summed E-state index contributed by atoms with van der Waals surface area (Å²) in [5.74, 6) is 1.33. The number of carbonyl (C=O) groups excluding carboxylic acids is 1. The van der Waals surface area contributed by atoms with E-state index >= 15 is 0 Å². The largest absolute Gasteiger partial charge is 0.496 e. The van der Waals surface area contributed by atoms with Gasteiger partial charge in [-0.3, -0.25) is 19.4 Å². The molecule has 2 aromatic heterocycles. The summed E-state index contributed by atoms with van der Waals surface area (Å²) in [7, 11) is 3.46. The van der Waals surface area contributed by atoms with Crippen molar-refractivity contribution in [2.75, 3.05) is 12.0 Å². The van der Waals surface area contributed by atoms with Crippen LogP contribution < -0.4 is 9.64 Å². The van der Waals surface area contributed by atoms with E-state index in [2.05, 4.69) is 10.1 Å². The van der Waals surface area contributed by atoms with E-state index in [0.717, 1.165) is 22.6 Å². The first-order valence-electron chi connectivity index (χ1n) is 7.62. The molecule has 120 valence electrons. The second-order valence-electron chi connectivity index (χ2n) is 5.62. The Bertz CT molecular complexity index is 932. The molecule has 3 aromatic rings. The number of anilines is 1. The van der Waals surface area contributed by atoms with Gasteiger partial charge in [0, 0.05) is 42.2 Å². The molecule has 4 rings (SSSR count). The van der Waals surface area contributed by atoms with Gasteiger partial charge in [-0.05, 0) is 18.2 Å². The monoisotopic (exact) mass is 320 g/mol. The smallest absolute Gasteiger partial charge is 0.260 e. The van der Waals surface area contributed by atoms with Crippen LogP contribution >= 0.6 is 0 Å². The van der Waals surface area contributed by atoms with Gasteiger partial charge in [-0.2, -0.15) is 5.10 Å². The molecule has 0 saturated carbocycles. The third-order valence-corrected chi connectivity index (χ3v) is 4.19. The summed E-state index contributed by atoms with van der Waals surface area (Å²) in [6.07, 6.45) is 3.49. The number of hydrogen-bond acceptors (Lipinski definition) is 4. The first-order valence-corrected chi connectivity index (χ1v) is 7.62. The molecule has 3 heterocycles. The maximum Gasteiger partial charge on any atom is 0.260 e. The van der Waals surface area contributed by atoms with Gasteiger partial charge in [0.2, 0.25) is 0 Å². The SMILES string of the molecule is COc1ccccc1-c1nccc2c1CN(c1ccn(C)n1)C2=O. The van der Waals surface area contributed by atoms with Gasteiger partial charge in [0.15, 0.2) is 5.82 Å². The zero-order valence-electron chi connectivity index (χ0n) is 13.4. The van der Waals surface area contributed by atoms with Crippen molar-refractivity contribution in [1.29, 1.82) is 0 Å². The second-order valence-corrected chi connectivity index (χ2v) is 5.62. The van der Waals surface area contributed by atoms with Crippen LogP contribution in [0.3, 0.4) is 0 Å². The molecule has 0 unspecified atom stereocenters. The zero-order valence-corrected chi connectivity index (χ0v) is 13.4. The summed E-state index contributed by atoms with van der Waals surface area (Å²) in [5, 5.41) is 4.34. The Morgan fingerprint density at radius 2 is 1.96 bits per heavy atom. The lowest BCUT2D eigenvalue weighted by atomic mass is 10.0. The van der Waals surface area contributed by atoms with Crippen LogP contribution in [0.2, 0.25) is 0 Å². The van der Waals surface area contributed by atoms with Crippen molar-refractivity contribution in [3.8, 4) is 17.0 Å². The summed E-state index contributed by atoms with van der Waals surface area (Å²) in [6.45, 7) is 0.451. The number of ether oxygens (including phenoxy) is 1. The quantitative estimate of drug-likeness (QED) is 0.744.